The number of oxime groups is 1. The Bertz CT molecular complexity index is 1420. The van der Waals surface area contributed by atoms with Crippen molar-refractivity contribution in [1.29, 1.82) is 0 Å². The van der Waals surface area contributed by atoms with Gasteiger partial charge in [0.2, 0.25) is 0 Å². The number of hydrogen-bond acceptors (Lipinski definition) is 6. The second kappa shape index (κ2) is 9.61. The Hall–Kier alpha value is -4.53. The quantitative estimate of drug-likeness (QED) is 0.451. The van der Waals surface area contributed by atoms with Crippen molar-refractivity contribution in [3.63, 3.8) is 0 Å². The van der Waals surface area contributed by atoms with Gasteiger partial charge in [0.05, 0.1) is 23.3 Å². The number of hydrogen-bond donors (Lipinski definition) is 1. The molecule has 3 aromatic heterocycles. The van der Waals surface area contributed by atoms with Crippen molar-refractivity contribution in [3.05, 3.63) is 125 Å². The van der Waals surface area contributed by atoms with Crippen LogP contribution in [0.25, 0.3) is 0 Å². The first-order valence-corrected chi connectivity index (χ1v) is 11.2. The van der Waals surface area contributed by atoms with Gasteiger partial charge in [-0.25, -0.2) is 8.78 Å². The minimum absolute atomic E-state index is 0.0353. The van der Waals surface area contributed by atoms with Crippen LogP contribution in [-0.4, -0.2) is 26.7 Å². The average Bonchev–Trinajstić information content (AvgIpc) is 3.25. The summed E-state index contributed by atoms with van der Waals surface area (Å²) in [7, 11) is 0. The molecule has 0 spiro atoms. The topological polar surface area (TPSA) is 89.4 Å². The minimum atomic E-state index is -1.34. The molecule has 180 valence electrons. The largest absolute Gasteiger partial charge is 0.383 e. The van der Waals surface area contributed by atoms with Crippen molar-refractivity contribution in [2.75, 3.05) is 0 Å². The number of halogens is 2. The molecule has 9 heteroatoms. The van der Waals surface area contributed by atoms with E-state index >= 15 is 0 Å². The van der Waals surface area contributed by atoms with Gasteiger partial charge in [-0.3, -0.25) is 19.7 Å². The van der Waals surface area contributed by atoms with Gasteiger partial charge >= 0.3 is 0 Å². The summed E-state index contributed by atoms with van der Waals surface area (Å²) in [5.74, 6) is -1.94. The summed E-state index contributed by atoms with van der Waals surface area (Å²) in [5.41, 5.74) is 0.886. The van der Waals surface area contributed by atoms with Gasteiger partial charge in [0.1, 0.15) is 17.0 Å². The Morgan fingerprint density at radius 3 is 2.50 bits per heavy atom. The number of nitrogens with zero attached hydrogens (tertiary/aromatic N) is 4. The van der Waals surface area contributed by atoms with E-state index in [-0.39, 0.29) is 18.0 Å². The van der Waals surface area contributed by atoms with E-state index in [1.807, 2.05) is 13.0 Å². The van der Waals surface area contributed by atoms with E-state index in [9.17, 15) is 13.6 Å². The fourth-order valence-corrected chi connectivity index (χ4v) is 4.23. The highest BCUT2D eigenvalue weighted by Gasteiger charge is 2.55. The summed E-state index contributed by atoms with van der Waals surface area (Å²) in [4.78, 5) is 32.1. The maximum atomic E-state index is 14.9. The van der Waals surface area contributed by atoms with Crippen LogP contribution in [0.4, 0.5) is 8.78 Å². The lowest BCUT2D eigenvalue weighted by Gasteiger charge is -2.33. The molecule has 1 aliphatic heterocycles. The minimum Gasteiger partial charge on any atom is -0.383 e. The fourth-order valence-electron chi connectivity index (χ4n) is 4.23. The predicted octanol–water partition coefficient (Wildman–Crippen LogP) is 4.45. The molecule has 4 aromatic rings. The van der Waals surface area contributed by atoms with E-state index < -0.39 is 29.1 Å². The van der Waals surface area contributed by atoms with Crippen molar-refractivity contribution in [2.24, 2.45) is 5.16 Å². The van der Waals surface area contributed by atoms with Gasteiger partial charge in [-0.2, -0.15) is 0 Å². The number of aryl methyl sites for hydroxylation is 1. The second-order valence-electron chi connectivity index (χ2n) is 8.45. The monoisotopic (exact) mass is 485 g/mol. The average molecular weight is 485 g/mol. The smallest absolute Gasteiger partial charge is 0.256 e. The molecule has 0 bridgehead atoms. The molecular weight excluding hydrogens is 464 g/mol. The summed E-state index contributed by atoms with van der Waals surface area (Å²) in [6.07, 6.45) is 3.19. The molecule has 4 heterocycles. The van der Waals surface area contributed by atoms with E-state index in [4.69, 9.17) is 4.84 Å². The first-order valence-electron chi connectivity index (χ1n) is 11.2. The molecule has 1 N–H and O–H groups in total. The van der Waals surface area contributed by atoms with Crippen molar-refractivity contribution in [1.82, 2.24) is 20.3 Å². The van der Waals surface area contributed by atoms with Crippen LogP contribution in [0.5, 0.6) is 0 Å². The van der Waals surface area contributed by atoms with Gasteiger partial charge in [0.15, 0.2) is 11.9 Å². The Kier molecular flexibility index (Phi) is 6.20. The Balaban J connectivity index is 1.68. The number of aromatic nitrogens is 3. The lowest BCUT2D eigenvalue weighted by molar-refractivity contribution is 0.0438. The zero-order valence-electron chi connectivity index (χ0n) is 19.2. The van der Waals surface area contributed by atoms with Crippen molar-refractivity contribution in [3.8, 4) is 0 Å². The van der Waals surface area contributed by atoms with Crippen LogP contribution in [0, 0.1) is 18.6 Å². The maximum Gasteiger partial charge on any atom is 0.256 e. The second-order valence-corrected chi connectivity index (χ2v) is 8.45. The van der Waals surface area contributed by atoms with E-state index in [0.29, 0.717) is 17.0 Å². The molecule has 1 unspecified atom stereocenters. The van der Waals surface area contributed by atoms with Crippen LogP contribution in [0.3, 0.4) is 0 Å². The van der Waals surface area contributed by atoms with E-state index in [0.717, 1.165) is 17.8 Å². The number of carbonyl (C=O) groups is 1. The summed E-state index contributed by atoms with van der Waals surface area (Å²) in [5, 5.41) is 7.08. The Morgan fingerprint density at radius 1 is 1.00 bits per heavy atom. The fraction of sp³-hybridized carbons (Fsp3) is 0.148. The molecule has 0 aliphatic carbocycles. The van der Waals surface area contributed by atoms with Crippen molar-refractivity contribution < 1.29 is 18.4 Å². The van der Waals surface area contributed by atoms with Gasteiger partial charge in [-0.05, 0) is 42.8 Å². The number of nitrogens with one attached hydrogen (secondary N) is 1. The molecule has 7 nitrogen and oxygen atoms in total. The highest BCUT2D eigenvalue weighted by Crippen LogP contribution is 2.46. The highest BCUT2D eigenvalue weighted by molar-refractivity contribution is 6.10. The van der Waals surface area contributed by atoms with Crippen LogP contribution in [-0.2, 0) is 16.7 Å². The summed E-state index contributed by atoms with van der Waals surface area (Å²) < 4.78 is 28.6. The van der Waals surface area contributed by atoms with Crippen LogP contribution in [0.15, 0.2) is 90.5 Å². The van der Waals surface area contributed by atoms with Crippen LogP contribution in [0.1, 0.15) is 39.1 Å². The Morgan fingerprint density at radius 2 is 1.81 bits per heavy atom. The third-order valence-corrected chi connectivity index (χ3v) is 6.04. The predicted molar refractivity (Wildman–Crippen MR) is 128 cm³/mol. The van der Waals surface area contributed by atoms with Crippen LogP contribution < -0.4 is 5.32 Å². The molecule has 5 rings (SSSR count). The molecule has 0 saturated carbocycles. The third kappa shape index (κ3) is 4.31. The zero-order valence-corrected chi connectivity index (χ0v) is 19.2. The first-order chi connectivity index (χ1) is 17.5. The molecule has 0 saturated heterocycles. The van der Waals surface area contributed by atoms with Crippen LogP contribution in [0.2, 0.25) is 0 Å². The molecule has 1 aliphatic rings. The molecule has 2 atom stereocenters. The summed E-state index contributed by atoms with van der Waals surface area (Å²) >= 11 is 0. The number of carbonyl (C=O) groups excluding carboxylic acids is 1. The van der Waals surface area contributed by atoms with Crippen molar-refractivity contribution in [2.45, 2.75) is 24.9 Å². The molecule has 0 fully saturated rings. The summed E-state index contributed by atoms with van der Waals surface area (Å²) in [6.45, 7) is 1.89. The zero-order chi connectivity index (χ0) is 25.1. The highest BCUT2D eigenvalue weighted by atomic mass is 19.1. The lowest BCUT2D eigenvalue weighted by atomic mass is 9.72. The number of benzene rings is 1. The SMILES string of the molecule is Cc1ccc(C2(Cc3ncc(F)cc3F)C(NC(=O)c3ccccc3)=NO[C@@H]2c2ccccn2)nc1. The van der Waals surface area contributed by atoms with Crippen LogP contribution >= 0.6 is 0 Å². The molecule has 1 amide bonds. The normalized spacial score (nSPS) is 18.9. The summed E-state index contributed by atoms with van der Waals surface area (Å²) in [6, 6.07) is 18.3. The number of rotatable bonds is 5. The number of pyridine rings is 3. The molecule has 36 heavy (non-hydrogen) atoms. The lowest BCUT2D eigenvalue weighted by Crippen LogP contribution is -2.50. The third-order valence-electron chi connectivity index (χ3n) is 6.04. The number of amidine groups is 1. The van der Waals surface area contributed by atoms with E-state index in [1.54, 1.807) is 67.0 Å². The molecule has 1 aromatic carbocycles. The van der Waals surface area contributed by atoms with Gasteiger partial charge in [-0.15, -0.1) is 0 Å². The molecular formula is C27H21F2N5O2. The van der Waals surface area contributed by atoms with E-state index in [2.05, 4.69) is 25.4 Å². The standard InChI is InChI=1S/C27H21F2N5O2/c1-17-10-11-23(32-15-17)27(14-22-20(29)13-19(28)16-31-22)24(21-9-5-6-12-30-21)36-34-26(27)33-25(35)18-7-3-2-4-8-18/h2-13,15-16,24H,14H2,1H3,(H,33,34,35)/t24-,27?/m1/s1. The van der Waals surface area contributed by atoms with Gasteiger partial charge in [0.25, 0.3) is 5.91 Å². The molecule has 0 radical (unpaired) electrons. The van der Waals surface area contributed by atoms with Gasteiger partial charge in [0, 0.05) is 30.4 Å². The van der Waals surface area contributed by atoms with E-state index in [1.165, 1.54) is 0 Å². The number of amides is 1. The van der Waals surface area contributed by atoms with Crippen molar-refractivity contribution >= 4 is 11.7 Å². The van der Waals surface area contributed by atoms with Gasteiger partial charge < -0.3 is 10.2 Å². The Labute approximate surface area is 205 Å². The maximum absolute atomic E-state index is 14.9. The first kappa shape index (κ1) is 23.2. The van der Waals surface area contributed by atoms with Gasteiger partial charge in [-0.1, -0.05) is 35.5 Å².